The average molecular weight is 528 g/mol. The van der Waals surface area contributed by atoms with Crippen molar-refractivity contribution in [2.75, 3.05) is 25.7 Å². The third kappa shape index (κ3) is 6.05. The molecular weight excluding hydrogens is 498 g/mol. The fraction of sp³-hybridized carbons (Fsp3) is 0.200. The molecule has 9 heteroatoms. The smallest absolute Gasteiger partial charge is 0.348 e. The monoisotopic (exact) mass is 527 g/mol. The number of aromatic nitrogens is 2. The van der Waals surface area contributed by atoms with Crippen molar-refractivity contribution in [2.45, 2.75) is 18.6 Å². The highest BCUT2D eigenvalue weighted by Crippen LogP contribution is 2.39. The van der Waals surface area contributed by atoms with Crippen molar-refractivity contribution >= 4 is 17.6 Å². The standard InChI is InChI=1S/C30H29N3O6/c1-21-19-25(37-3)32-29(31-21)39-27(28(35)36)30(22-13-7-4-8-14-22,23-15-9-5-10-16-23)38-20-26(34)33(2)24-17-11-6-12-18-24/h4-19,27H,20H2,1-3H3,(H,35,36)/t27-/m1/s1. The minimum atomic E-state index is -1.76. The van der Waals surface area contributed by atoms with Crippen LogP contribution in [-0.2, 0) is 19.9 Å². The molecule has 9 nitrogen and oxygen atoms in total. The molecule has 0 saturated carbocycles. The molecule has 1 aromatic heterocycles. The van der Waals surface area contributed by atoms with Crippen LogP contribution >= 0.6 is 0 Å². The summed E-state index contributed by atoms with van der Waals surface area (Å²) >= 11 is 0. The molecule has 200 valence electrons. The summed E-state index contributed by atoms with van der Waals surface area (Å²) in [5.74, 6) is -1.50. The van der Waals surface area contributed by atoms with Crippen LogP contribution < -0.4 is 14.4 Å². The Balaban J connectivity index is 1.83. The molecule has 0 aliphatic carbocycles. The number of nitrogens with zero attached hydrogens (tertiary/aromatic N) is 3. The largest absolute Gasteiger partial charge is 0.481 e. The van der Waals surface area contributed by atoms with Crippen molar-refractivity contribution in [3.05, 3.63) is 114 Å². The second kappa shape index (κ2) is 12.2. The third-order valence-corrected chi connectivity index (χ3v) is 6.18. The van der Waals surface area contributed by atoms with Crippen LogP contribution in [0.1, 0.15) is 16.8 Å². The topological polar surface area (TPSA) is 111 Å². The summed E-state index contributed by atoms with van der Waals surface area (Å²) in [7, 11) is 3.07. The second-order valence-corrected chi connectivity index (χ2v) is 8.72. The number of aryl methyl sites for hydroxylation is 1. The first-order valence-corrected chi connectivity index (χ1v) is 12.2. The van der Waals surface area contributed by atoms with Crippen molar-refractivity contribution in [1.29, 1.82) is 0 Å². The SMILES string of the molecule is COc1cc(C)nc(O[C@H](C(=O)O)C(OCC(=O)N(C)c2ccccc2)(c2ccccc2)c2ccccc2)n1. The Bertz CT molecular complexity index is 1360. The average Bonchev–Trinajstić information content (AvgIpc) is 2.97. The summed E-state index contributed by atoms with van der Waals surface area (Å²) < 4.78 is 17.6. The quantitative estimate of drug-likeness (QED) is 0.308. The predicted octanol–water partition coefficient (Wildman–Crippen LogP) is 4.25. The Labute approximate surface area is 226 Å². The first kappa shape index (κ1) is 27.3. The number of hydrogen-bond acceptors (Lipinski definition) is 7. The maximum atomic E-state index is 13.3. The Hall–Kier alpha value is -4.76. The number of para-hydroxylation sites is 1. The fourth-order valence-corrected chi connectivity index (χ4v) is 4.23. The van der Waals surface area contributed by atoms with Crippen molar-refractivity contribution in [2.24, 2.45) is 0 Å². The van der Waals surface area contributed by atoms with Crippen LogP contribution in [0.25, 0.3) is 0 Å². The van der Waals surface area contributed by atoms with Gasteiger partial charge in [-0.05, 0) is 30.2 Å². The number of anilines is 1. The van der Waals surface area contributed by atoms with Gasteiger partial charge < -0.3 is 24.2 Å². The van der Waals surface area contributed by atoms with Gasteiger partial charge in [0.05, 0.1) is 7.11 Å². The minimum Gasteiger partial charge on any atom is -0.481 e. The summed E-state index contributed by atoms with van der Waals surface area (Å²) in [6.07, 6.45) is -1.69. The van der Waals surface area contributed by atoms with Gasteiger partial charge in [-0.25, -0.2) is 9.78 Å². The molecule has 0 aliphatic heterocycles. The Kier molecular flexibility index (Phi) is 8.53. The zero-order chi connectivity index (χ0) is 27.8. The minimum absolute atomic E-state index is 0.202. The molecule has 4 aromatic rings. The number of carboxylic acids is 1. The molecule has 39 heavy (non-hydrogen) atoms. The van der Waals surface area contributed by atoms with E-state index in [1.807, 2.05) is 18.2 Å². The number of likely N-dealkylation sites (N-methyl/N-ethyl adjacent to an activating group) is 1. The van der Waals surface area contributed by atoms with E-state index in [2.05, 4.69) is 9.97 Å². The van der Waals surface area contributed by atoms with E-state index in [0.717, 1.165) is 0 Å². The van der Waals surface area contributed by atoms with Gasteiger partial charge >= 0.3 is 12.0 Å². The molecule has 0 fully saturated rings. The first-order valence-electron chi connectivity index (χ1n) is 12.2. The zero-order valence-electron chi connectivity index (χ0n) is 21.9. The van der Waals surface area contributed by atoms with Gasteiger partial charge in [-0.1, -0.05) is 78.9 Å². The number of carbonyl (C=O) groups excluding carboxylic acids is 1. The number of amides is 1. The molecule has 3 aromatic carbocycles. The van der Waals surface area contributed by atoms with Crippen LogP contribution in [0.15, 0.2) is 97.1 Å². The van der Waals surface area contributed by atoms with Gasteiger partial charge in [-0.2, -0.15) is 4.98 Å². The van der Waals surface area contributed by atoms with E-state index in [9.17, 15) is 14.7 Å². The maximum Gasteiger partial charge on any atom is 0.348 e. The molecule has 0 saturated heterocycles. The van der Waals surface area contributed by atoms with Crippen molar-refractivity contribution in [3.63, 3.8) is 0 Å². The Morgan fingerprint density at radius 2 is 1.44 bits per heavy atom. The van der Waals surface area contributed by atoms with Gasteiger partial charge in [0, 0.05) is 24.5 Å². The van der Waals surface area contributed by atoms with Crippen LogP contribution in [0, 0.1) is 6.92 Å². The molecule has 0 aliphatic rings. The molecule has 4 rings (SSSR count). The van der Waals surface area contributed by atoms with E-state index in [4.69, 9.17) is 14.2 Å². The molecule has 1 atom stereocenters. The zero-order valence-corrected chi connectivity index (χ0v) is 21.9. The van der Waals surface area contributed by atoms with Crippen LogP contribution in [0.5, 0.6) is 11.9 Å². The van der Waals surface area contributed by atoms with Gasteiger partial charge in [0.1, 0.15) is 6.61 Å². The number of carboxylic acid groups (broad SMARTS) is 1. The number of methoxy groups -OCH3 is 1. The highest BCUT2D eigenvalue weighted by atomic mass is 16.6. The molecule has 1 heterocycles. The summed E-state index contributed by atoms with van der Waals surface area (Å²) in [6.45, 7) is 1.27. The lowest BCUT2D eigenvalue weighted by atomic mass is 9.81. The number of carbonyl (C=O) groups is 2. The van der Waals surface area contributed by atoms with Crippen molar-refractivity contribution in [3.8, 4) is 11.9 Å². The Morgan fingerprint density at radius 1 is 0.897 bits per heavy atom. The molecule has 0 radical (unpaired) electrons. The molecule has 0 spiro atoms. The third-order valence-electron chi connectivity index (χ3n) is 6.18. The second-order valence-electron chi connectivity index (χ2n) is 8.72. The predicted molar refractivity (Wildman–Crippen MR) is 145 cm³/mol. The van der Waals surface area contributed by atoms with Gasteiger partial charge in [0.2, 0.25) is 12.0 Å². The van der Waals surface area contributed by atoms with Crippen LogP contribution in [0.2, 0.25) is 0 Å². The normalized spacial score (nSPS) is 11.9. The van der Waals surface area contributed by atoms with E-state index in [-0.39, 0.29) is 17.8 Å². The van der Waals surface area contributed by atoms with Gasteiger partial charge in [0.15, 0.2) is 5.60 Å². The van der Waals surface area contributed by atoms with E-state index in [0.29, 0.717) is 22.5 Å². The lowest BCUT2D eigenvalue weighted by Crippen LogP contribution is -2.52. The van der Waals surface area contributed by atoms with Gasteiger partial charge in [-0.15, -0.1) is 0 Å². The summed E-state index contributed by atoms with van der Waals surface area (Å²) in [6, 6.07) is 28.1. The van der Waals surface area contributed by atoms with E-state index in [1.165, 1.54) is 12.0 Å². The summed E-state index contributed by atoms with van der Waals surface area (Å²) in [4.78, 5) is 36.2. The summed E-state index contributed by atoms with van der Waals surface area (Å²) in [5.41, 5.74) is 0.368. The van der Waals surface area contributed by atoms with E-state index < -0.39 is 24.3 Å². The molecule has 1 amide bonds. The number of aliphatic carboxylic acids is 1. The molecule has 0 unspecified atom stereocenters. The maximum absolute atomic E-state index is 13.3. The Morgan fingerprint density at radius 3 is 1.95 bits per heavy atom. The highest BCUT2D eigenvalue weighted by Gasteiger charge is 2.50. The number of rotatable bonds is 11. The number of hydrogen-bond donors (Lipinski definition) is 1. The van der Waals surface area contributed by atoms with Crippen LogP contribution in [0.3, 0.4) is 0 Å². The van der Waals surface area contributed by atoms with E-state index in [1.54, 1.807) is 92.8 Å². The van der Waals surface area contributed by atoms with Crippen LogP contribution in [-0.4, -0.2) is 53.8 Å². The van der Waals surface area contributed by atoms with Crippen molar-refractivity contribution in [1.82, 2.24) is 9.97 Å². The summed E-state index contributed by atoms with van der Waals surface area (Å²) in [5, 5.41) is 10.6. The molecular formula is C30H29N3O6. The van der Waals surface area contributed by atoms with Crippen LogP contribution in [0.4, 0.5) is 5.69 Å². The first-order chi connectivity index (χ1) is 18.8. The lowest BCUT2D eigenvalue weighted by Gasteiger charge is -2.39. The number of ether oxygens (including phenoxy) is 3. The molecule has 0 bridgehead atoms. The molecule has 1 N–H and O–H groups in total. The number of benzene rings is 3. The van der Waals surface area contributed by atoms with E-state index >= 15 is 0 Å². The highest BCUT2D eigenvalue weighted by molar-refractivity contribution is 5.93. The fourth-order valence-electron chi connectivity index (χ4n) is 4.23. The van der Waals surface area contributed by atoms with Crippen molar-refractivity contribution < 1.29 is 28.9 Å². The van der Waals surface area contributed by atoms with Gasteiger partial charge in [0.25, 0.3) is 5.91 Å². The van der Waals surface area contributed by atoms with Gasteiger partial charge in [-0.3, -0.25) is 4.79 Å². The lowest BCUT2D eigenvalue weighted by molar-refractivity contribution is -0.166.